The molecule has 0 aromatic carbocycles. The van der Waals surface area contributed by atoms with Crippen LogP contribution in [0.15, 0.2) is 11.6 Å². The minimum atomic E-state index is -1.62. The Labute approximate surface area is 314 Å². The predicted octanol–water partition coefficient (Wildman–Crippen LogP) is 3.52. The van der Waals surface area contributed by atoms with Crippen LogP contribution in [-0.2, 0) is 23.7 Å². The van der Waals surface area contributed by atoms with Gasteiger partial charge in [-0.25, -0.2) is 0 Å². The van der Waals surface area contributed by atoms with E-state index < -0.39 is 78.2 Å². The van der Waals surface area contributed by atoms with Gasteiger partial charge >= 0.3 is 5.97 Å². The highest BCUT2D eigenvalue weighted by Crippen LogP contribution is 2.76. The molecule has 0 aromatic heterocycles. The lowest BCUT2D eigenvalue weighted by Crippen LogP contribution is -2.67. The van der Waals surface area contributed by atoms with Crippen LogP contribution in [0.25, 0.3) is 0 Å². The topological polar surface area (TPSA) is 196 Å². The van der Waals surface area contributed by atoms with Crippen LogP contribution in [0.3, 0.4) is 0 Å². The molecule has 12 heteroatoms. The summed E-state index contributed by atoms with van der Waals surface area (Å²) in [5, 5.41) is 74.9. The fraction of sp³-hybridized carbons (Fsp3) is 0.927. The van der Waals surface area contributed by atoms with Crippen LogP contribution < -0.4 is 0 Å². The maximum Gasteiger partial charge on any atom is 0.310 e. The van der Waals surface area contributed by atoms with Gasteiger partial charge in [0.1, 0.15) is 36.6 Å². The zero-order chi connectivity index (χ0) is 38.7. The molecule has 6 fully saturated rings. The molecule has 0 spiro atoms. The van der Waals surface area contributed by atoms with Gasteiger partial charge in [-0.05, 0) is 111 Å². The summed E-state index contributed by atoms with van der Waals surface area (Å²) in [5.74, 6) is -0.194. The van der Waals surface area contributed by atoms with Crippen LogP contribution in [-0.4, -0.2) is 116 Å². The van der Waals surface area contributed by atoms with Crippen molar-refractivity contribution >= 4 is 5.97 Å². The third-order valence-electron chi connectivity index (χ3n) is 17.0. The Balaban J connectivity index is 1.15. The first kappa shape index (κ1) is 40.0. The Morgan fingerprint density at radius 1 is 0.830 bits per heavy atom. The van der Waals surface area contributed by atoms with Gasteiger partial charge in [0.25, 0.3) is 0 Å². The molecule has 2 saturated heterocycles. The van der Waals surface area contributed by atoms with Gasteiger partial charge in [0.2, 0.25) is 0 Å². The molecular weight excluding hydrogens is 684 g/mol. The maximum absolute atomic E-state index is 13.0. The summed E-state index contributed by atoms with van der Waals surface area (Å²) in [4.78, 5) is 13.0. The van der Waals surface area contributed by atoms with E-state index in [-0.39, 0.29) is 46.7 Å². The van der Waals surface area contributed by atoms with Crippen LogP contribution in [0.1, 0.15) is 113 Å². The molecule has 7 aliphatic rings. The zero-order valence-corrected chi connectivity index (χ0v) is 32.7. The fourth-order valence-electron chi connectivity index (χ4n) is 13.3. The molecule has 0 radical (unpaired) electrons. The number of carboxylic acid groups (broad SMARTS) is 1. The molecule has 53 heavy (non-hydrogen) atoms. The Kier molecular flexibility index (Phi) is 10.2. The second-order valence-corrected chi connectivity index (χ2v) is 20.0. The van der Waals surface area contributed by atoms with Gasteiger partial charge in [-0.15, -0.1) is 0 Å². The lowest BCUT2D eigenvalue weighted by Gasteiger charge is -2.71. The smallest absolute Gasteiger partial charge is 0.310 e. The van der Waals surface area contributed by atoms with E-state index in [9.17, 15) is 40.5 Å². The van der Waals surface area contributed by atoms with Crippen molar-refractivity contribution in [1.29, 1.82) is 0 Å². The highest BCUT2D eigenvalue weighted by Gasteiger charge is 2.70. The first-order chi connectivity index (χ1) is 24.7. The van der Waals surface area contributed by atoms with Crippen LogP contribution >= 0.6 is 0 Å². The molecule has 0 unspecified atom stereocenters. The molecule has 18 atom stereocenters. The summed E-state index contributed by atoms with van der Waals surface area (Å²) in [6.45, 7) is 15.1. The van der Waals surface area contributed by atoms with E-state index in [1.807, 2.05) is 0 Å². The zero-order valence-electron chi connectivity index (χ0n) is 32.7. The molecule has 4 saturated carbocycles. The van der Waals surface area contributed by atoms with Crippen molar-refractivity contribution in [3.63, 3.8) is 0 Å². The van der Waals surface area contributed by atoms with Crippen molar-refractivity contribution in [3.05, 3.63) is 11.6 Å². The van der Waals surface area contributed by atoms with E-state index in [1.165, 1.54) is 12.5 Å². The molecule has 7 N–H and O–H groups in total. The van der Waals surface area contributed by atoms with Crippen LogP contribution in [0.4, 0.5) is 0 Å². The summed E-state index contributed by atoms with van der Waals surface area (Å²) in [7, 11) is 0. The number of fused-ring (bicyclic) bond motifs is 7. The third-order valence-corrected chi connectivity index (χ3v) is 17.0. The first-order valence-corrected chi connectivity index (χ1v) is 20.2. The number of aliphatic hydroxyl groups is 6. The quantitative estimate of drug-likeness (QED) is 0.155. The molecule has 2 heterocycles. The molecule has 2 aliphatic heterocycles. The summed E-state index contributed by atoms with van der Waals surface area (Å²) in [6, 6.07) is 0. The minimum absolute atomic E-state index is 0.0360. The predicted molar refractivity (Wildman–Crippen MR) is 192 cm³/mol. The van der Waals surface area contributed by atoms with Gasteiger partial charge in [0, 0.05) is 5.41 Å². The van der Waals surface area contributed by atoms with E-state index in [1.54, 1.807) is 0 Å². The normalized spacial score (nSPS) is 55.1. The van der Waals surface area contributed by atoms with Gasteiger partial charge in [-0.2, -0.15) is 0 Å². The molecule has 7 rings (SSSR count). The molecule has 0 amide bonds. The third kappa shape index (κ3) is 5.85. The Hall–Kier alpha value is -1.19. The average Bonchev–Trinajstić information content (AvgIpc) is 3.10. The lowest BCUT2D eigenvalue weighted by molar-refractivity contribution is -0.365. The monoisotopic (exact) mass is 750 g/mol. The van der Waals surface area contributed by atoms with Gasteiger partial charge in [0.15, 0.2) is 12.6 Å². The van der Waals surface area contributed by atoms with E-state index in [4.69, 9.17) is 18.9 Å². The molecule has 5 aliphatic carbocycles. The standard InChI is InChI=1S/C41H66O12/c1-21-28(44)30(46)31(47)33(51-21)53-32-29(45)24(43)19-50-34(32)52-27-11-12-37(4)25(38(27,5)20-42)10-13-40(7)26(37)9-8-22-23-18-36(2,3)14-16-41(23,35(48)49)17-15-39(22,40)6/h8,21,23-34,42-47H,9-20H2,1-7H3,(H,48,49)/t21-,23+,24-,25+,26+,27+,28-,29+,30-,31+,32+,33-,34-,37-,38-,39+,40+,41+/m0/s1. The molecule has 302 valence electrons. The van der Waals surface area contributed by atoms with E-state index in [2.05, 4.69) is 47.6 Å². The second kappa shape index (κ2) is 13.5. The number of hydrogen-bond acceptors (Lipinski definition) is 11. The molecule has 12 nitrogen and oxygen atoms in total. The number of rotatable bonds is 6. The van der Waals surface area contributed by atoms with Crippen molar-refractivity contribution in [2.45, 2.75) is 174 Å². The van der Waals surface area contributed by atoms with Crippen molar-refractivity contribution in [2.75, 3.05) is 13.2 Å². The number of aliphatic hydroxyl groups excluding tert-OH is 6. The van der Waals surface area contributed by atoms with E-state index in [0.717, 1.165) is 51.4 Å². The SMILES string of the molecule is C[C@@H]1O[C@@H](O[C@H]2[C@H](O[C@@H]3CC[C@@]4(C)[C@@H](CC[C@]5(C)[C@@H]4CC=C4[C@H]6CC(C)(C)CC[C@@]6(C(=O)O)CC[C@]45C)[C@]3(C)CO)OC[C@H](O)[C@H]2O)[C@H](O)[C@@H](O)[C@H]1O. The summed E-state index contributed by atoms with van der Waals surface area (Å²) >= 11 is 0. The number of allylic oxidation sites excluding steroid dienone is 2. The maximum atomic E-state index is 13.0. The number of carbonyl (C=O) groups is 1. The highest BCUT2D eigenvalue weighted by atomic mass is 16.8. The van der Waals surface area contributed by atoms with E-state index in [0.29, 0.717) is 18.8 Å². The van der Waals surface area contributed by atoms with Gasteiger partial charge in [-0.3, -0.25) is 4.79 Å². The number of hydrogen-bond donors (Lipinski definition) is 7. The highest BCUT2D eigenvalue weighted by molar-refractivity contribution is 5.76. The Morgan fingerprint density at radius 3 is 2.21 bits per heavy atom. The van der Waals surface area contributed by atoms with Crippen molar-refractivity contribution in [3.8, 4) is 0 Å². The Morgan fingerprint density at radius 2 is 1.53 bits per heavy atom. The fourth-order valence-corrected chi connectivity index (χ4v) is 13.3. The molecule has 0 aromatic rings. The number of ether oxygens (including phenoxy) is 4. The van der Waals surface area contributed by atoms with Crippen LogP contribution in [0.2, 0.25) is 0 Å². The largest absolute Gasteiger partial charge is 0.481 e. The average molecular weight is 751 g/mol. The number of carboxylic acids is 1. The van der Waals surface area contributed by atoms with Crippen molar-refractivity contribution < 1.29 is 59.5 Å². The minimum Gasteiger partial charge on any atom is -0.481 e. The summed E-state index contributed by atoms with van der Waals surface area (Å²) in [6.07, 6.45) is -1.79. The van der Waals surface area contributed by atoms with Gasteiger partial charge in [0.05, 0.1) is 30.8 Å². The van der Waals surface area contributed by atoms with Crippen molar-refractivity contribution in [2.24, 2.45) is 50.2 Å². The van der Waals surface area contributed by atoms with E-state index >= 15 is 0 Å². The van der Waals surface area contributed by atoms with Gasteiger partial charge < -0.3 is 54.7 Å². The summed E-state index contributed by atoms with van der Waals surface area (Å²) in [5.41, 5.74) is -0.239. The first-order valence-electron chi connectivity index (χ1n) is 20.2. The lowest BCUT2D eigenvalue weighted by atomic mass is 9.33. The van der Waals surface area contributed by atoms with Gasteiger partial charge in [-0.1, -0.05) is 53.2 Å². The van der Waals surface area contributed by atoms with Crippen LogP contribution in [0.5, 0.6) is 0 Å². The van der Waals surface area contributed by atoms with Crippen molar-refractivity contribution in [1.82, 2.24) is 0 Å². The summed E-state index contributed by atoms with van der Waals surface area (Å²) < 4.78 is 24.3. The number of aliphatic carboxylic acids is 1. The molecular formula is C41H66O12. The van der Waals surface area contributed by atoms with Crippen LogP contribution in [0, 0.1) is 50.2 Å². The second-order valence-electron chi connectivity index (χ2n) is 20.0. The molecule has 0 bridgehead atoms. The Bertz CT molecular complexity index is 1440.